The third-order valence-electron chi connectivity index (χ3n) is 4.40. The minimum Gasteiger partial charge on any atom is -0.395 e. The van der Waals surface area contributed by atoms with Crippen molar-refractivity contribution in [3.8, 4) is 0 Å². The number of nitrogen functional groups attached to an aromatic ring is 1. The van der Waals surface area contributed by atoms with Gasteiger partial charge in [-0.2, -0.15) is 0 Å². The average molecular weight is 382 g/mol. The molecule has 0 saturated carbocycles. The quantitative estimate of drug-likeness (QED) is 0.802. The second kappa shape index (κ2) is 6.79. The van der Waals surface area contributed by atoms with Crippen molar-refractivity contribution in [2.45, 2.75) is 63.8 Å². The summed E-state index contributed by atoms with van der Waals surface area (Å²) in [6, 6.07) is 0. The molecule has 0 saturated heterocycles. The Labute approximate surface area is 153 Å². The van der Waals surface area contributed by atoms with E-state index < -0.39 is 21.4 Å². The number of aromatic nitrogens is 3. The topological polar surface area (TPSA) is 120 Å². The molecule has 2 heterocycles. The zero-order valence-corrected chi connectivity index (χ0v) is 16.3. The van der Waals surface area contributed by atoms with Crippen LogP contribution in [-0.2, 0) is 34.0 Å². The molecule has 0 amide bonds. The van der Waals surface area contributed by atoms with Gasteiger partial charge in [0.05, 0.1) is 17.7 Å². The van der Waals surface area contributed by atoms with Crippen LogP contribution in [0.2, 0.25) is 0 Å². The maximum absolute atomic E-state index is 12.9. The Hall–Kier alpha value is -1.71. The highest BCUT2D eigenvalue weighted by Gasteiger charge is 2.29. The van der Waals surface area contributed by atoms with Gasteiger partial charge in [0, 0.05) is 12.2 Å². The molecule has 26 heavy (non-hydrogen) atoms. The van der Waals surface area contributed by atoms with Gasteiger partial charge >= 0.3 is 0 Å². The first-order valence-corrected chi connectivity index (χ1v) is 10.4. The van der Waals surface area contributed by atoms with Crippen molar-refractivity contribution in [2.24, 2.45) is 0 Å². The van der Waals surface area contributed by atoms with E-state index in [1.165, 1.54) is 0 Å². The van der Waals surface area contributed by atoms with Crippen molar-refractivity contribution in [3.63, 3.8) is 0 Å². The summed E-state index contributed by atoms with van der Waals surface area (Å²) in [5, 5.41) is 9.37. The van der Waals surface area contributed by atoms with Crippen molar-refractivity contribution in [1.29, 1.82) is 0 Å². The first kappa shape index (κ1) is 19.1. The largest absolute Gasteiger partial charge is 0.395 e. The van der Waals surface area contributed by atoms with Crippen LogP contribution in [0.4, 0.5) is 5.82 Å². The van der Waals surface area contributed by atoms with Crippen LogP contribution in [0, 0.1) is 0 Å². The fourth-order valence-electron chi connectivity index (χ4n) is 3.23. The van der Waals surface area contributed by atoms with E-state index >= 15 is 0 Å². The number of imidazole rings is 1. The number of aliphatic hydroxyl groups excluding tert-OH is 1. The predicted octanol–water partition coefficient (Wildman–Crippen LogP) is 1.43. The Balaban J connectivity index is 2.20. The van der Waals surface area contributed by atoms with Crippen LogP contribution in [0.5, 0.6) is 0 Å². The van der Waals surface area contributed by atoms with Gasteiger partial charge in [-0.25, -0.2) is 18.4 Å². The van der Waals surface area contributed by atoms with Crippen LogP contribution in [0.3, 0.4) is 0 Å². The Morgan fingerprint density at radius 2 is 1.92 bits per heavy atom. The van der Waals surface area contributed by atoms with Gasteiger partial charge in [0.25, 0.3) is 0 Å². The summed E-state index contributed by atoms with van der Waals surface area (Å²) >= 11 is 0. The number of aryl methyl sites for hydroxylation is 2. The molecule has 0 radical (unpaired) electrons. The summed E-state index contributed by atoms with van der Waals surface area (Å²) in [5.74, 6) is -0.258. The number of nitrogens with zero attached hydrogens (tertiary/aromatic N) is 3. The molecule has 0 aromatic carbocycles. The lowest BCUT2D eigenvalue weighted by Crippen LogP contribution is -2.25. The SMILES string of the molecule is CC(C)(C)OCS(=O)(=O)c1nc2c(N)nc3c(c2n1CCO)CCCC3. The second-order valence-electron chi connectivity index (χ2n) is 7.59. The molecule has 1 aliphatic rings. The van der Waals surface area contributed by atoms with Crippen molar-refractivity contribution in [2.75, 3.05) is 18.3 Å². The molecule has 2 aromatic heterocycles. The molecule has 8 nitrogen and oxygen atoms in total. The molecule has 0 aliphatic heterocycles. The lowest BCUT2D eigenvalue weighted by Gasteiger charge is -2.20. The number of hydrogen-bond donors (Lipinski definition) is 2. The van der Waals surface area contributed by atoms with E-state index in [2.05, 4.69) is 9.97 Å². The zero-order chi connectivity index (χ0) is 19.1. The first-order chi connectivity index (χ1) is 12.1. The molecular weight excluding hydrogens is 356 g/mol. The molecule has 0 atom stereocenters. The zero-order valence-electron chi connectivity index (χ0n) is 15.4. The van der Waals surface area contributed by atoms with Crippen molar-refractivity contribution >= 4 is 26.7 Å². The van der Waals surface area contributed by atoms with E-state index in [1.807, 2.05) is 0 Å². The van der Waals surface area contributed by atoms with E-state index in [9.17, 15) is 13.5 Å². The van der Waals surface area contributed by atoms with Crippen molar-refractivity contribution in [3.05, 3.63) is 11.3 Å². The first-order valence-electron chi connectivity index (χ1n) is 8.79. The van der Waals surface area contributed by atoms with Crippen LogP contribution in [-0.4, -0.2) is 46.2 Å². The summed E-state index contributed by atoms with van der Waals surface area (Å²) in [6.45, 7) is 5.29. The Kier molecular flexibility index (Phi) is 4.98. The number of rotatable bonds is 5. The number of ether oxygens (including phenoxy) is 1. The molecule has 0 unspecified atom stereocenters. The van der Waals surface area contributed by atoms with Gasteiger partial charge in [0.1, 0.15) is 5.52 Å². The van der Waals surface area contributed by atoms with Crippen LogP contribution >= 0.6 is 0 Å². The standard InChI is InChI=1S/C17H26N4O4S/c1-17(2,3)25-10-26(23,24)16-20-13-14(21(16)8-9-22)11-6-4-5-7-12(11)19-15(13)18/h22H,4-10H2,1-3H3,(H2,18,19). The summed E-state index contributed by atoms with van der Waals surface area (Å²) in [5.41, 5.74) is 8.42. The van der Waals surface area contributed by atoms with Gasteiger partial charge in [-0.05, 0) is 52.0 Å². The van der Waals surface area contributed by atoms with Crippen LogP contribution in [0.25, 0.3) is 11.0 Å². The maximum atomic E-state index is 12.9. The third kappa shape index (κ3) is 3.56. The molecule has 9 heteroatoms. The summed E-state index contributed by atoms with van der Waals surface area (Å²) in [7, 11) is -3.82. The summed E-state index contributed by atoms with van der Waals surface area (Å²) in [6.07, 6.45) is 3.65. The molecule has 0 fully saturated rings. The molecular formula is C17H26N4O4S. The number of aliphatic hydroxyl groups is 1. The number of pyridine rings is 1. The molecule has 3 N–H and O–H groups in total. The van der Waals surface area contributed by atoms with Crippen LogP contribution in [0.15, 0.2) is 5.16 Å². The highest BCUT2D eigenvalue weighted by atomic mass is 32.2. The van der Waals surface area contributed by atoms with Gasteiger partial charge in [-0.1, -0.05) is 0 Å². The lowest BCUT2D eigenvalue weighted by molar-refractivity contribution is 0.0252. The summed E-state index contributed by atoms with van der Waals surface area (Å²) < 4.78 is 32.8. The van der Waals surface area contributed by atoms with E-state index in [4.69, 9.17) is 10.5 Å². The Morgan fingerprint density at radius 1 is 1.23 bits per heavy atom. The molecule has 0 spiro atoms. The molecule has 2 aromatic rings. The Morgan fingerprint density at radius 3 is 2.58 bits per heavy atom. The predicted molar refractivity (Wildman–Crippen MR) is 98.6 cm³/mol. The summed E-state index contributed by atoms with van der Waals surface area (Å²) in [4.78, 5) is 8.74. The molecule has 144 valence electrons. The van der Waals surface area contributed by atoms with Gasteiger partial charge in [0.15, 0.2) is 11.8 Å². The van der Waals surface area contributed by atoms with Gasteiger partial charge < -0.3 is 20.1 Å². The highest BCUT2D eigenvalue weighted by molar-refractivity contribution is 7.91. The van der Waals surface area contributed by atoms with E-state index in [-0.39, 0.29) is 24.1 Å². The lowest BCUT2D eigenvalue weighted by atomic mass is 9.95. The fraction of sp³-hybridized carbons (Fsp3) is 0.647. The Bertz CT molecular complexity index is 929. The van der Waals surface area contributed by atoms with Gasteiger partial charge in [-0.15, -0.1) is 0 Å². The number of anilines is 1. The maximum Gasteiger partial charge on any atom is 0.235 e. The molecule has 3 rings (SSSR count). The van der Waals surface area contributed by atoms with Crippen molar-refractivity contribution in [1.82, 2.24) is 14.5 Å². The van der Waals surface area contributed by atoms with Crippen LogP contribution in [0.1, 0.15) is 44.9 Å². The smallest absolute Gasteiger partial charge is 0.235 e. The van der Waals surface area contributed by atoms with Crippen molar-refractivity contribution < 1.29 is 18.3 Å². The molecule has 0 bridgehead atoms. The number of hydrogen-bond acceptors (Lipinski definition) is 7. The second-order valence-corrected chi connectivity index (χ2v) is 9.42. The minimum atomic E-state index is -3.82. The number of nitrogens with two attached hydrogens (primary N) is 1. The molecule has 1 aliphatic carbocycles. The average Bonchev–Trinajstić information content (AvgIpc) is 2.94. The van der Waals surface area contributed by atoms with Gasteiger partial charge in [-0.3, -0.25) is 0 Å². The highest BCUT2D eigenvalue weighted by Crippen LogP contribution is 2.33. The van der Waals surface area contributed by atoms with Crippen LogP contribution < -0.4 is 5.73 Å². The normalized spacial score (nSPS) is 15.4. The van der Waals surface area contributed by atoms with E-state index in [0.29, 0.717) is 11.0 Å². The fourth-order valence-corrected chi connectivity index (χ4v) is 4.60. The number of fused-ring (bicyclic) bond motifs is 3. The number of sulfone groups is 1. The van der Waals surface area contributed by atoms with Gasteiger partial charge in [0.2, 0.25) is 15.0 Å². The van der Waals surface area contributed by atoms with E-state index in [1.54, 1.807) is 25.3 Å². The third-order valence-corrected chi connectivity index (χ3v) is 5.70. The minimum absolute atomic E-state index is 0.122. The van der Waals surface area contributed by atoms with E-state index in [0.717, 1.165) is 36.9 Å². The monoisotopic (exact) mass is 382 g/mol.